The summed E-state index contributed by atoms with van der Waals surface area (Å²) in [5.41, 5.74) is 1.49. The molecule has 0 bridgehead atoms. The highest BCUT2D eigenvalue weighted by atomic mass is 19.1. The number of halogens is 2. The maximum atomic E-state index is 13.1. The van der Waals surface area contributed by atoms with Crippen molar-refractivity contribution >= 4 is 5.91 Å². The molecule has 0 saturated carbocycles. The van der Waals surface area contributed by atoms with Gasteiger partial charge in [0.15, 0.2) is 0 Å². The molecule has 0 spiro atoms. The Labute approximate surface area is 118 Å². The zero-order valence-corrected chi connectivity index (χ0v) is 12.0. The van der Waals surface area contributed by atoms with Gasteiger partial charge in [0, 0.05) is 18.5 Å². The topological polar surface area (TPSA) is 29.1 Å². The van der Waals surface area contributed by atoms with Gasteiger partial charge in [-0.25, -0.2) is 8.78 Å². The van der Waals surface area contributed by atoms with Crippen LogP contribution >= 0.6 is 0 Å². The monoisotopic (exact) mass is 281 g/mol. The van der Waals surface area contributed by atoms with Crippen LogP contribution in [0.1, 0.15) is 32.3 Å². The Balaban J connectivity index is 2.69. The van der Waals surface area contributed by atoms with E-state index in [0.717, 1.165) is 11.6 Å². The van der Waals surface area contributed by atoms with Gasteiger partial charge in [0.25, 0.3) is 0 Å². The molecule has 1 N–H and O–H groups in total. The zero-order valence-electron chi connectivity index (χ0n) is 12.0. The van der Waals surface area contributed by atoms with Crippen LogP contribution in [0.4, 0.5) is 8.78 Å². The van der Waals surface area contributed by atoms with Crippen LogP contribution in [0.5, 0.6) is 0 Å². The molecule has 1 unspecified atom stereocenters. The summed E-state index contributed by atoms with van der Waals surface area (Å²) < 4.78 is 26.2. The van der Waals surface area contributed by atoms with Crippen LogP contribution < -0.4 is 5.32 Å². The Hall–Kier alpha value is -1.71. The van der Waals surface area contributed by atoms with Crippen molar-refractivity contribution in [3.8, 4) is 0 Å². The summed E-state index contributed by atoms with van der Waals surface area (Å²) >= 11 is 0. The maximum absolute atomic E-state index is 13.1. The predicted octanol–water partition coefficient (Wildman–Crippen LogP) is 3.62. The van der Waals surface area contributed by atoms with E-state index >= 15 is 0 Å². The molecule has 0 heterocycles. The summed E-state index contributed by atoms with van der Waals surface area (Å²) in [6.45, 7) is 8.12. The molecule has 110 valence electrons. The van der Waals surface area contributed by atoms with E-state index in [1.807, 2.05) is 13.8 Å². The van der Waals surface area contributed by atoms with Crippen LogP contribution in [0.3, 0.4) is 0 Å². The van der Waals surface area contributed by atoms with Crippen LogP contribution in [0, 0.1) is 17.6 Å². The van der Waals surface area contributed by atoms with Crippen LogP contribution in [-0.2, 0) is 11.2 Å². The summed E-state index contributed by atoms with van der Waals surface area (Å²) in [7, 11) is 0. The van der Waals surface area contributed by atoms with Crippen LogP contribution in [-0.4, -0.2) is 12.5 Å². The van der Waals surface area contributed by atoms with Crippen molar-refractivity contribution in [3.05, 3.63) is 47.5 Å². The van der Waals surface area contributed by atoms with Gasteiger partial charge >= 0.3 is 0 Å². The first-order valence-electron chi connectivity index (χ1n) is 6.79. The molecule has 0 aliphatic carbocycles. The zero-order chi connectivity index (χ0) is 15.1. The molecule has 0 aliphatic heterocycles. The Morgan fingerprint density at radius 1 is 1.30 bits per heavy atom. The van der Waals surface area contributed by atoms with Gasteiger partial charge < -0.3 is 5.32 Å². The smallest absolute Gasteiger partial charge is 0.223 e. The first kappa shape index (κ1) is 16.3. The van der Waals surface area contributed by atoms with E-state index in [0.29, 0.717) is 31.4 Å². The second-order valence-electron chi connectivity index (χ2n) is 5.07. The number of rotatable bonds is 7. The lowest BCUT2D eigenvalue weighted by Gasteiger charge is -2.16. The van der Waals surface area contributed by atoms with Gasteiger partial charge in [-0.05, 0) is 50.8 Å². The predicted molar refractivity (Wildman–Crippen MR) is 76.3 cm³/mol. The molecule has 2 nitrogen and oxygen atoms in total. The second kappa shape index (κ2) is 7.78. The highest BCUT2D eigenvalue weighted by Crippen LogP contribution is 2.18. The van der Waals surface area contributed by atoms with Gasteiger partial charge in [0.1, 0.15) is 11.6 Å². The van der Waals surface area contributed by atoms with Crippen molar-refractivity contribution in [2.45, 2.75) is 33.1 Å². The Morgan fingerprint density at radius 3 is 2.40 bits per heavy atom. The quantitative estimate of drug-likeness (QED) is 0.760. The number of carbonyl (C=O) groups is 1. The molecular formula is C16H21F2NO. The first-order valence-corrected chi connectivity index (χ1v) is 6.79. The van der Waals surface area contributed by atoms with Crippen LogP contribution in [0.2, 0.25) is 0 Å². The minimum atomic E-state index is -0.588. The standard InChI is InChI=1S/C16H21F2NO/c1-4-19-16(20)13(7-11(2)3)6-5-12-8-14(17)10-15(18)9-12/h8-10,13H,2,4-7H2,1,3H3,(H,19,20). The van der Waals surface area contributed by atoms with Gasteiger partial charge in [0.2, 0.25) is 5.91 Å². The van der Waals surface area contributed by atoms with Crippen molar-refractivity contribution in [2.24, 2.45) is 5.92 Å². The van der Waals surface area contributed by atoms with Gasteiger partial charge in [-0.1, -0.05) is 5.57 Å². The number of aryl methyl sites for hydroxylation is 1. The third-order valence-corrected chi connectivity index (χ3v) is 3.02. The van der Waals surface area contributed by atoms with E-state index in [4.69, 9.17) is 0 Å². The fraction of sp³-hybridized carbons (Fsp3) is 0.438. The van der Waals surface area contributed by atoms with Crippen molar-refractivity contribution < 1.29 is 13.6 Å². The Morgan fingerprint density at radius 2 is 1.90 bits per heavy atom. The van der Waals surface area contributed by atoms with Crippen molar-refractivity contribution in [3.63, 3.8) is 0 Å². The highest BCUT2D eigenvalue weighted by molar-refractivity contribution is 5.78. The van der Waals surface area contributed by atoms with Gasteiger partial charge in [-0.2, -0.15) is 0 Å². The second-order valence-corrected chi connectivity index (χ2v) is 5.07. The lowest BCUT2D eigenvalue weighted by Crippen LogP contribution is -2.31. The summed E-state index contributed by atoms with van der Waals surface area (Å²) in [5.74, 6) is -1.42. The molecule has 0 aliphatic rings. The number of carbonyl (C=O) groups excluding carboxylic acids is 1. The normalized spacial score (nSPS) is 12.0. The number of hydrogen-bond acceptors (Lipinski definition) is 1. The summed E-state index contributed by atoms with van der Waals surface area (Å²) in [6.07, 6.45) is 1.59. The molecule has 1 rings (SSSR count). The molecule has 20 heavy (non-hydrogen) atoms. The molecule has 0 radical (unpaired) electrons. The van der Waals surface area contributed by atoms with E-state index in [2.05, 4.69) is 11.9 Å². The van der Waals surface area contributed by atoms with E-state index in [1.165, 1.54) is 12.1 Å². The molecule has 1 atom stereocenters. The van der Waals surface area contributed by atoms with Crippen molar-refractivity contribution in [1.82, 2.24) is 5.32 Å². The average Bonchev–Trinajstić information content (AvgIpc) is 2.33. The number of nitrogens with one attached hydrogen (secondary N) is 1. The van der Waals surface area contributed by atoms with E-state index in [9.17, 15) is 13.6 Å². The lowest BCUT2D eigenvalue weighted by atomic mass is 9.93. The number of allylic oxidation sites excluding steroid dienone is 1. The SMILES string of the molecule is C=C(C)CC(CCc1cc(F)cc(F)c1)C(=O)NCC. The van der Waals surface area contributed by atoms with Gasteiger partial charge in [-0.15, -0.1) is 6.58 Å². The molecule has 0 fully saturated rings. The lowest BCUT2D eigenvalue weighted by molar-refractivity contribution is -0.125. The summed E-state index contributed by atoms with van der Waals surface area (Å²) in [5, 5.41) is 2.78. The summed E-state index contributed by atoms with van der Waals surface area (Å²) in [6, 6.07) is 3.45. The van der Waals surface area contributed by atoms with Gasteiger partial charge in [0.05, 0.1) is 0 Å². The van der Waals surface area contributed by atoms with Gasteiger partial charge in [-0.3, -0.25) is 4.79 Å². The first-order chi connectivity index (χ1) is 9.42. The number of benzene rings is 1. The molecule has 1 aromatic rings. The third kappa shape index (κ3) is 5.51. The maximum Gasteiger partial charge on any atom is 0.223 e. The molecule has 1 aromatic carbocycles. The minimum absolute atomic E-state index is 0.0348. The average molecular weight is 281 g/mol. The largest absolute Gasteiger partial charge is 0.356 e. The molecular weight excluding hydrogens is 260 g/mol. The van der Waals surface area contributed by atoms with E-state index in [-0.39, 0.29) is 11.8 Å². The number of amides is 1. The Kier molecular flexibility index (Phi) is 6.36. The summed E-state index contributed by atoms with van der Waals surface area (Å²) in [4.78, 5) is 11.9. The van der Waals surface area contributed by atoms with Crippen LogP contribution in [0.25, 0.3) is 0 Å². The van der Waals surface area contributed by atoms with Crippen molar-refractivity contribution in [2.75, 3.05) is 6.54 Å². The van der Waals surface area contributed by atoms with Crippen LogP contribution in [0.15, 0.2) is 30.4 Å². The fourth-order valence-electron chi connectivity index (χ4n) is 2.16. The molecule has 1 amide bonds. The molecule has 4 heteroatoms. The highest BCUT2D eigenvalue weighted by Gasteiger charge is 2.18. The van der Waals surface area contributed by atoms with Crippen molar-refractivity contribution in [1.29, 1.82) is 0 Å². The number of hydrogen-bond donors (Lipinski definition) is 1. The Bertz CT molecular complexity index is 465. The third-order valence-electron chi connectivity index (χ3n) is 3.02. The molecule has 0 saturated heterocycles. The molecule has 0 aromatic heterocycles. The van der Waals surface area contributed by atoms with E-state index < -0.39 is 11.6 Å². The minimum Gasteiger partial charge on any atom is -0.356 e. The fourth-order valence-corrected chi connectivity index (χ4v) is 2.16. The van der Waals surface area contributed by atoms with E-state index in [1.54, 1.807) is 0 Å².